The van der Waals surface area contributed by atoms with Gasteiger partial charge in [-0.1, -0.05) is 37.0 Å². The predicted octanol–water partition coefficient (Wildman–Crippen LogP) is 1.77. The zero-order chi connectivity index (χ0) is 21.7. The van der Waals surface area contributed by atoms with Gasteiger partial charge in [0.1, 0.15) is 0 Å². The van der Waals surface area contributed by atoms with Crippen molar-refractivity contribution >= 4 is 22.0 Å². The Morgan fingerprint density at radius 1 is 1.03 bits per heavy atom. The van der Waals surface area contributed by atoms with E-state index in [2.05, 4.69) is 10.6 Å². The van der Waals surface area contributed by atoms with Crippen LogP contribution in [0.15, 0.2) is 23.1 Å². The Hall–Kier alpha value is -1.97. The number of rotatable bonds is 5. The van der Waals surface area contributed by atoms with E-state index < -0.39 is 16.1 Å². The molecule has 1 saturated carbocycles. The zero-order valence-electron chi connectivity index (χ0n) is 17.8. The molecule has 1 aliphatic heterocycles. The summed E-state index contributed by atoms with van der Waals surface area (Å²) in [5, 5.41) is 5.26. The average Bonchev–Trinajstić information content (AvgIpc) is 2.68. The van der Waals surface area contributed by atoms with Gasteiger partial charge in [0.15, 0.2) is 0 Å². The molecule has 0 aromatic heterocycles. The number of imide groups is 1. The number of amides is 3. The maximum atomic E-state index is 13.0. The van der Waals surface area contributed by atoms with Crippen LogP contribution in [0.5, 0.6) is 0 Å². The maximum absolute atomic E-state index is 13.0. The van der Waals surface area contributed by atoms with E-state index in [0.717, 1.165) is 36.8 Å². The second kappa shape index (κ2) is 9.89. The first kappa shape index (κ1) is 22.7. The first-order valence-corrected chi connectivity index (χ1v) is 12.1. The minimum Gasteiger partial charge on any atom is -0.335 e. The second-order valence-electron chi connectivity index (χ2n) is 8.31. The number of carbonyl (C=O) groups excluding carboxylic acids is 2. The summed E-state index contributed by atoms with van der Waals surface area (Å²) in [6, 6.07) is 5.03. The highest BCUT2D eigenvalue weighted by Gasteiger charge is 2.30. The van der Waals surface area contributed by atoms with Crippen molar-refractivity contribution in [3.8, 4) is 0 Å². The van der Waals surface area contributed by atoms with Gasteiger partial charge in [0.05, 0.1) is 11.4 Å². The largest absolute Gasteiger partial charge is 0.335 e. The number of urea groups is 1. The van der Waals surface area contributed by atoms with E-state index in [4.69, 9.17) is 0 Å². The van der Waals surface area contributed by atoms with Crippen molar-refractivity contribution in [1.29, 1.82) is 0 Å². The van der Waals surface area contributed by atoms with Crippen LogP contribution in [-0.2, 0) is 14.8 Å². The predicted molar refractivity (Wildman–Crippen MR) is 115 cm³/mol. The quantitative estimate of drug-likeness (QED) is 0.733. The molecule has 30 heavy (non-hydrogen) atoms. The summed E-state index contributed by atoms with van der Waals surface area (Å²) in [7, 11) is -3.55. The van der Waals surface area contributed by atoms with Crippen LogP contribution in [0, 0.1) is 13.8 Å². The third-order valence-electron chi connectivity index (χ3n) is 5.84. The summed E-state index contributed by atoms with van der Waals surface area (Å²) in [6.07, 6.45) is 5.32. The monoisotopic (exact) mass is 436 g/mol. The molecule has 1 heterocycles. The number of nitrogens with zero attached hydrogens (tertiary/aromatic N) is 2. The lowest BCUT2D eigenvalue weighted by atomic mass is 9.96. The molecule has 0 atom stereocenters. The SMILES string of the molecule is Cc1ccc(S(=O)(=O)N2CCN(CC(=O)NC(=O)NC3CCCCC3)CC2)c(C)c1. The molecule has 2 fully saturated rings. The molecule has 3 rings (SSSR count). The van der Waals surface area contributed by atoms with E-state index >= 15 is 0 Å². The highest BCUT2D eigenvalue weighted by molar-refractivity contribution is 7.89. The summed E-state index contributed by atoms with van der Waals surface area (Å²) >= 11 is 0. The fourth-order valence-corrected chi connectivity index (χ4v) is 5.82. The lowest BCUT2D eigenvalue weighted by Crippen LogP contribution is -2.53. The van der Waals surface area contributed by atoms with Crippen LogP contribution in [0.25, 0.3) is 0 Å². The van der Waals surface area contributed by atoms with Crippen LogP contribution >= 0.6 is 0 Å². The minimum atomic E-state index is -3.55. The molecule has 1 saturated heterocycles. The smallest absolute Gasteiger partial charge is 0.321 e. The van der Waals surface area contributed by atoms with Crippen LogP contribution in [0.3, 0.4) is 0 Å². The van der Waals surface area contributed by atoms with Gasteiger partial charge in [0.2, 0.25) is 15.9 Å². The van der Waals surface area contributed by atoms with Crippen LogP contribution in [-0.4, -0.2) is 68.3 Å². The van der Waals surface area contributed by atoms with Crippen LogP contribution < -0.4 is 10.6 Å². The standard InChI is InChI=1S/C21H32N4O4S/c1-16-8-9-19(17(2)14-16)30(28,29)25-12-10-24(11-13-25)15-20(26)23-21(27)22-18-6-4-3-5-7-18/h8-9,14,18H,3-7,10-13,15H2,1-2H3,(H2,22,23,26,27). The molecule has 2 aliphatic rings. The van der Waals surface area contributed by atoms with Gasteiger partial charge in [0.25, 0.3) is 0 Å². The van der Waals surface area contributed by atoms with Gasteiger partial charge in [-0.2, -0.15) is 4.31 Å². The highest BCUT2D eigenvalue weighted by Crippen LogP contribution is 2.22. The van der Waals surface area contributed by atoms with Crippen molar-refractivity contribution in [2.45, 2.75) is 56.9 Å². The Morgan fingerprint density at radius 2 is 1.70 bits per heavy atom. The minimum absolute atomic E-state index is 0.0789. The molecule has 1 aliphatic carbocycles. The van der Waals surface area contributed by atoms with Crippen LogP contribution in [0.2, 0.25) is 0 Å². The van der Waals surface area contributed by atoms with Crippen LogP contribution in [0.1, 0.15) is 43.2 Å². The molecule has 8 nitrogen and oxygen atoms in total. The molecular formula is C21H32N4O4S. The van der Waals surface area contributed by atoms with E-state index in [0.29, 0.717) is 31.1 Å². The van der Waals surface area contributed by atoms with Crippen molar-refractivity contribution in [3.63, 3.8) is 0 Å². The number of hydrogen-bond donors (Lipinski definition) is 2. The number of sulfonamides is 1. The fraction of sp³-hybridized carbons (Fsp3) is 0.619. The van der Waals surface area contributed by atoms with E-state index in [9.17, 15) is 18.0 Å². The maximum Gasteiger partial charge on any atom is 0.321 e. The number of carbonyl (C=O) groups is 2. The summed E-state index contributed by atoms with van der Waals surface area (Å²) in [6.45, 7) is 5.34. The number of aryl methyl sites for hydroxylation is 2. The van der Waals surface area contributed by atoms with E-state index in [1.165, 1.54) is 10.7 Å². The summed E-state index contributed by atoms with van der Waals surface area (Å²) < 4.78 is 27.4. The van der Waals surface area contributed by atoms with Gasteiger partial charge in [-0.15, -0.1) is 0 Å². The number of piperazine rings is 1. The Kier molecular flexibility index (Phi) is 7.49. The van der Waals surface area contributed by atoms with E-state index in [1.807, 2.05) is 17.9 Å². The molecule has 0 radical (unpaired) electrons. The molecule has 1 aromatic rings. The normalized spacial score (nSPS) is 19.4. The average molecular weight is 437 g/mol. The Bertz CT molecular complexity index is 873. The topological polar surface area (TPSA) is 98.8 Å². The first-order chi connectivity index (χ1) is 14.3. The third kappa shape index (κ3) is 5.80. The number of benzene rings is 1. The number of hydrogen-bond acceptors (Lipinski definition) is 5. The highest BCUT2D eigenvalue weighted by atomic mass is 32.2. The molecule has 2 N–H and O–H groups in total. The van der Waals surface area contributed by atoms with Crippen molar-refractivity contribution in [1.82, 2.24) is 19.8 Å². The second-order valence-corrected chi connectivity index (χ2v) is 10.2. The van der Waals surface area contributed by atoms with Crippen molar-refractivity contribution in [2.24, 2.45) is 0 Å². The summed E-state index contributed by atoms with van der Waals surface area (Å²) in [5.41, 5.74) is 1.76. The van der Waals surface area contributed by atoms with E-state index in [1.54, 1.807) is 19.1 Å². The Balaban J connectivity index is 1.46. The van der Waals surface area contributed by atoms with Crippen LogP contribution in [0.4, 0.5) is 4.79 Å². The van der Waals surface area contributed by atoms with Gasteiger partial charge >= 0.3 is 6.03 Å². The van der Waals surface area contributed by atoms with Gasteiger partial charge in [-0.3, -0.25) is 15.0 Å². The molecule has 0 spiro atoms. The summed E-state index contributed by atoms with van der Waals surface area (Å²) in [5.74, 6) is -0.367. The number of nitrogens with one attached hydrogen (secondary N) is 2. The molecule has 0 unspecified atom stereocenters. The van der Waals surface area contributed by atoms with Gasteiger partial charge in [-0.05, 0) is 38.3 Å². The van der Waals surface area contributed by atoms with E-state index in [-0.39, 0.29) is 18.5 Å². The fourth-order valence-electron chi connectivity index (χ4n) is 4.19. The lowest BCUT2D eigenvalue weighted by Gasteiger charge is -2.33. The first-order valence-electron chi connectivity index (χ1n) is 10.7. The molecule has 3 amide bonds. The van der Waals surface area contributed by atoms with Gasteiger partial charge in [0, 0.05) is 32.2 Å². The lowest BCUT2D eigenvalue weighted by molar-refractivity contribution is -0.121. The van der Waals surface area contributed by atoms with Crippen molar-refractivity contribution in [2.75, 3.05) is 32.7 Å². The van der Waals surface area contributed by atoms with Gasteiger partial charge < -0.3 is 5.32 Å². The molecule has 0 bridgehead atoms. The Labute approximate surface area is 179 Å². The molecule has 9 heteroatoms. The van der Waals surface area contributed by atoms with Crippen molar-refractivity contribution < 1.29 is 18.0 Å². The molecular weight excluding hydrogens is 404 g/mol. The zero-order valence-corrected chi connectivity index (χ0v) is 18.6. The third-order valence-corrected chi connectivity index (χ3v) is 7.90. The molecule has 1 aromatic carbocycles. The summed E-state index contributed by atoms with van der Waals surface area (Å²) in [4.78, 5) is 26.4. The van der Waals surface area contributed by atoms with Gasteiger partial charge in [-0.25, -0.2) is 13.2 Å². The Morgan fingerprint density at radius 3 is 2.33 bits per heavy atom. The van der Waals surface area contributed by atoms with Crippen molar-refractivity contribution in [3.05, 3.63) is 29.3 Å². The molecule has 166 valence electrons.